The van der Waals surface area contributed by atoms with Crippen LogP contribution in [0.2, 0.25) is 0 Å². The molecule has 1 aliphatic rings. The Kier molecular flexibility index (Phi) is 5.49. The molecule has 2 aromatic rings. The van der Waals surface area contributed by atoms with Crippen LogP contribution in [-0.2, 0) is 20.0 Å². The van der Waals surface area contributed by atoms with Crippen molar-refractivity contribution in [3.63, 3.8) is 0 Å². The van der Waals surface area contributed by atoms with Crippen LogP contribution in [0, 0.1) is 6.92 Å². The summed E-state index contributed by atoms with van der Waals surface area (Å²) in [6, 6.07) is 14.0. The molecule has 0 saturated carbocycles. The van der Waals surface area contributed by atoms with Gasteiger partial charge in [-0.2, -0.15) is 9.52 Å². The molecule has 7 nitrogen and oxygen atoms in total. The van der Waals surface area contributed by atoms with Crippen LogP contribution in [0.15, 0.2) is 53.6 Å². The van der Waals surface area contributed by atoms with E-state index in [1.54, 1.807) is 31.2 Å². The molecule has 0 amide bonds. The molecule has 0 saturated heterocycles. The van der Waals surface area contributed by atoms with Crippen molar-refractivity contribution in [3.8, 4) is 0 Å². The standard InChI is InChI=1S/C19H23N3O4S2/c1-4-28(25,26)21-16-11-9-15(10-12-16)18-13-19(22(20-18)27(3,23)24)17-8-6-5-7-14(17)2/h5-12,19,21H,4,13H2,1-3H3/t19-/m0/s1. The summed E-state index contributed by atoms with van der Waals surface area (Å²) in [4.78, 5) is 0. The SMILES string of the molecule is CCS(=O)(=O)Nc1ccc(C2=NN(S(C)(=O)=O)[C@H](c3ccccc3C)C2)cc1. The predicted octanol–water partition coefficient (Wildman–Crippen LogP) is 2.87. The highest BCUT2D eigenvalue weighted by Crippen LogP contribution is 2.36. The van der Waals surface area contributed by atoms with Gasteiger partial charge in [-0.1, -0.05) is 36.4 Å². The fraction of sp³-hybridized carbons (Fsp3) is 0.316. The Balaban J connectivity index is 1.92. The van der Waals surface area contributed by atoms with Crippen LogP contribution in [0.3, 0.4) is 0 Å². The summed E-state index contributed by atoms with van der Waals surface area (Å²) >= 11 is 0. The topological polar surface area (TPSA) is 95.9 Å². The molecule has 2 aromatic carbocycles. The van der Waals surface area contributed by atoms with Crippen molar-refractivity contribution in [2.75, 3.05) is 16.7 Å². The van der Waals surface area contributed by atoms with Crippen LogP contribution in [0.1, 0.15) is 36.1 Å². The van der Waals surface area contributed by atoms with Gasteiger partial charge in [0, 0.05) is 12.1 Å². The summed E-state index contributed by atoms with van der Waals surface area (Å²) in [6.45, 7) is 3.51. The van der Waals surface area contributed by atoms with Gasteiger partial charge in [0.05, 0.1) is 23.8 Å². The Morgan fingerprint density at radius 3 is 2.29 bits per heavy atom. The minimum atomic E-state index is -3.54. The molecule has 0 aromatic heterocycles. The molecule has 1 heterocycles. The molecule has 3 rings (SSSR count). The quantitative estimate of drug-likeness (QED) is 0.776. The van der Waals surface area contributed by atoms with E-state index in [0.29, 0.717) is 17.8 Å². The molecule has 9 heteroatoms. The van der Waals surface area contributed by atoms with Crippen LogP contribution in [0.25, 0.3) is 0 Å². The minimum Gasteiger partial charge on any atom is -0.284 e. The average Bonchev–Trinajstić information content (AvgIpc) is 3.08. The van der Waals surface area contributed by atoms with Crippen molar-refractivity contribution in [2.24, 2.45) is 5.10 Å². The predicted molar refractivity (Wildman–Crippen MR) is 111 cm³/mol. The number of nitrogens with zero attached hydrogens (tertiary/aromatic N) is 2. The van der Waals surface area contributed by atoms with Crippen molar-refractivity contribution >= 4 is 31.4 Å². The molecular weight excluding hydrogens is 398 g/mol. The fourth-order valence-corrected chi connectivity index (χ4v) is 4.68. The lowest BCUT2D eigenvalue weighted by Crippen LogP contribution is -2.26. The highest BCUT2D eigenvalue weighted by atomic mass is 32.2. The second-order valence-corrected chi connectivity index (χ2v) is 10.6. The zero-order valence-electron chi connectivity index (χ0n) is 16.0. The summed E-state index contributed by atoms with van der Waals surface area (Å²) in [6.07, 6.45) is 1.59. The van der Waals surface area contributed by atoms with Gasteiger partial charge in [-0.3, -0.25) is 4.72 Å². The van der Waals surface area contributed by atoms with E-state index in [0.717, 1.165) is 22.9 Å². The third-order valence-corrected chi connectivity index (χ3v) is 6.95. The van der Waals surface area contributed by atoms with Crippen LogP contribution >= 0.6 is 0 Å². The van der Waals surface area contributed by atoms with Gasteiger partial charge in [-0.05, 0) is 42.7 Å². The van der Waals surface area contributed by atoms with Gasteiger partial charge in [0.2, 0.25) is 20.0 Å². The molecular formula is C19H23N3O4S2. The Labute approximate surface area is 166 Å². The van der Waals surface area contributed by atoms with Gasteiger partial charge < -0.3 is 0 Å². The lowest BCUT2D eigenvalue weighted by atomic mass is 9.96. The second-order valence-electron chi connectivity index (χ2n) is 6.74. The maximum absolute atomic E-state index is 12.3. The lowest BCUT2D eigenvalue weighted by molar-refractivity contribution is 0.374. The smallest absolute Gasteiger partial charge is 0.247 e. The molecule has 0 fully saturated rings. The number of hydrogen-bond acceptors (Lipinski definition) is 5. The van der Waals surface area contributed by atoms with Gasteiger partial charge in [-0.25, -0.2) is 16.8 Å². The molecule has 1 N–H and O–H groups in total. The highest BCUT2D eigenvalue weighted by Gasteiger charge is 2.35. The van der Waals surface area contributed by atoms with Gasteiger partial charge in [0.1, 0.15) is 0 Å². The second kappa shape index (κ2) is 7.56. The molecule has 0 bridgehead atoms. The van der Waals surface area contributed by atoms with Crippen LogP contribution in [0.5, 0.6) is 0 Å². The highest BCUT2D eigenvalue weighted by molar-refractivity contribution is 7.92. The minimum absolute atomic E-state index is 0.0110. The number of sulfonamides is 2. The Hall–Kier alpha value is -2.39. The maximum atomic E-state index is 12.3. The normalized spacial score (nSPS) is 17.5. The maximum Gasteiger partial charge on any atom is 0.247 e. The number of nitrogens with one attached hydrogen (secondary N) is 1. The van der Waals surface area contributed by atoms with Gasteiger partial charge >= 0.3 is 0 Å². The van der Waals surface area contributed by atoms with Crippen molar-refractivity contribution in [1.82, 2.24) is 4.41 Å². The first kappa shape index (κ1) is 20.3. The Morgan fingerprint density at radius 1 is 1.07 bits per heavy atom. The van der Waals surface area contributed by atoms with E-state index in [2.05, 4.69) is 9.82 Å². The molecule has 0 radical (unpaired) electrons. The number of hydrazone groups is 1. The summed E-state index contributed by atoms with van der Waals surface area (Å²) in [5, 5.41) is 4.37. The van der Waals surface area contributed by atoms with E-state index in [1.807, 2.05) is 31.2 Å². The average molecular weight is 422 g/mol. The number of anilines is 1. The number of hydrogen-bond donors (Lipinski definition) is 1. The lowest BCUT2D eigenvalue weighted by Gasteiger charge is -2.22. The Bertz CT molecular complexity index is 1110. The first-order valence-corrected chi connectivity index (χ1v) is 12.3. The van der Waals surface area contributed by atoms with Gasteiger partial charge in [0.25, 0.3) is 0 Å². The van der Waals surface area contributed by atoms with E-state index in [9.17, 15) is 16.8 Å². The first-order chi connectivity index (χ1) is 13.1. The molecule has 0 aliphatic carbocycles. The number of benzene rings is 2. The first-order valence-electron chi connectivity index (χ1n) is 8.84. The van der Waals surface area contributed by atoms with Gasteiger partial charge in [-0.15, -0.1) is 0 Å². The zero-order chi connectivity index (χ0) is 20.5. The largest absolute Gasteiger partial charge is 0.284 e. The zero-order valence-corrected chi connectivity index (χ0v) is 17.6. The molecule has 0 unspecified atom stereocenters. The van der Waals surface area contributed by atoms with E-state index in [4.69, 9.17) is 0 Å². The van der Waals surface area contributed by atoms with Crippen molar-refractivity contribution in [1.29, 1.82) is 0 Å². The molecule has 1 aliphatic heterocycles. The third-order valence-electron chi connectivity index (χ3n) is 4.63. The summed E-state index contributed by atoms with van der Waals surface area (Å²) in [5.74, 6) is -0.0110. The van der Waals surface area contributed by atoms with Crippen LogP contribution < -0.4 is 4.72 Å². The molecule has 28 heavy (non-hydrogen) atoms. The Morgan fingerprint density at radius 2 is 1.71 bits per heavy atom. The van der Waals surface area contributed by atoms with Crippen LogP contribution in [-0.4, -0.2) is 39.0 Å². The van der Waals surface area contributed by atoms with E-state index < -0.39 is 26.1 Å². The van der Waals surface area contributed by atoms with Crippen molar-refractivity contribution < 1.29 is 16.8 Å². The van der Waals surface area contributed by atoms with E-state index in [1.165, 1.54) is 4.41 Å². The van der Waals surface area contributed by atoms with E-state index in [-0.39, 0.29) is 5.75 Å². The summed E-state index contributed by atoms with van der Waals surface area (Å²) < 4.78 is 51.6. The van der Waals surface area contributed by atoms with Gasteiger partial charge in [0.15, 0.2) is 0 Å². The third kappa shape index (κ3) is 4.36. The monoisotopic (exact) mass is 421 g/mol. The summed E-state index contributed by atoms with van der Waals surface area (Å²) in [5.41, 5.74) is 3.77. The molecule has 1 atom stereocenters. The van der Waals surface area contributed by atoms with E-state index >= 15 is 0 Å². The molecule has 150 valence electrons. The summed E-state index contributed by atoms with van der Waals surface area (Å²) in [7, 11) is -6.89. The van der Waals surface area contributed by atoms with Crippen molar-refractivity contribution in [2.45, 2.75) is 26.3 Å². The molecule has 0 spiro atoms. The fourth-order valence-electron chi connectivity index (χ4n) is 3.14. The van der Waals surface area contributed by atoms with Crippen LogP contribution in [0.4, 0.5) is 5.69 Å². The van der Waals surface area contributed by atoms with Crippen molar-refractivity contribution in [3.05, 3.63) is 65.2 Å². The number of rotatable bonds is 6. The number of aryl methyl sites for hydroxylation is 1.